The van der Waals surface area contributed by atoms with E-state index in [-0.39, 0.29) is 22.6 Å². The largest absolute Gasteiger partial charge is 0.478 e. The van der Waals surface area contributed by atoms with Crippen molar-refractivity contribution >= 4 is 39.8 Å². The van der Waals surface area contributed by atoms with E-state index in [1.54, 1.807) is 12.1 Å². The van der Waals surface area contributed by atoms with E-state index >= 15 is 0 Å². The lowest BCUT2D eigenvalue weighted by Crippen LogP contribution is -2.41. The Bertz CT molecular complexity index is 2020. The fourth-order valence-corrected chi connectivity index (χ4v) is 8.02. The number of nitrogens with one attached hydrogen (secondary N) is 1. The average Bonchev–Trinajstić information content (AvgIpc) is 3.49. The summed E-state index contributed by atoms with van der Waals surface area (Å²) in [5, 5.41) is 13.1. The molecular weight excluding hydrogens is 669 g/mol. The van der Waals surface area contributed by atoms with E-state index in [1.165, 1.54) is 18.2 Å². The maximum Gasteiger partial charge on any atom is 0.336 e. The number of aryl methyl sites for hydroxylation is 2. The summed E-state index contributed by atoms with van der Waals surface area (Å²) in [7, 11) is 0. The number of carboxylic acids is 1. The molecule has 8 nitrogen and oxygen atoms in total. The minimum absolute atomic E-state index is 0.143. The number of fused-ring (bicyclic) bond motifs is 1. The van der Waals surface area contributed by atoms with E-state index in [4.69, 9.17) is 4.98 Å². The second kappa shape index (κ2) is 17.2. The molecule has 4 aromatic carbocycles. The lowest BCUT2D eigenvalue weighted by Gasteiger charge is -2.32. The average molecular weight is 717 g/mol. The molecule has 0 saturated carbocycles. The van der Waals surface area contributed by atoms with Gasteiger partial charge >= 0.3 is 5.97 Å². The third-order valence-electron chi connectivity index (χ3n) is 10.0. The van der Waals surface area contributed by atoms with Crippen LogP contribution in [0, 0.1) is 6.92 Å². The number of hydrogen-bond acceptors (Lipinski definition) is 6. The number of carbonyl (C=O) groups is 3. The van der Waals surface area contributed by atoms with Crippen molar-refractivity contribution in [3.63, 3.8) is 0 Å². The van der Waals surface area contributed by atoms with Gasteiger partial charge in [-0.05, 0) is 92.1 Å². The molecule has 1 aliphatic heterocycles. The molecule has 2 atom stereocenters. The first kappa shape index (κ1) is 37.0. The van der Waals surface area contributed by atoms with Crippen LogP contribution in [0.2, 0.25) is 0 Å². The van der Waals surface area contributed by atoms with Gasteiger partial charge in [0.1, 0.15) is 5.82 Å². The van der Waals surface area contributed by atoms with E-state index in [0.29, 0.717) is 42.4 Å². The summed E-state index contributed by atoms with van der Waals surface area (Å²) >= 11 is 1.32. The third kappa shape index (κ3) is 9.00. The Labute approximate surface area is 310 Å². The highest BCUT2D eigenvalue weighted by molar-refractivity contribution is 8.13. The molecule has 1 amide bonds. The number of benzene rings is 4. The van der Waals surface area contributed by atoms with E-state index in [0.717, 1.165) is 71.3 Å². The maximum atomic E-state index is 14.0. The van der Waals surface area contributed by atoms with Crippen LogP contribution in [-0.2, 0) is 24.2 Å². The van der Waals surface area contributed by atoms with Crippen LogP contribution in [0.25, 0.3) is 22.2 Å². The Morgan fingerprint density at radius 2 is 1.71 bits per heavy atom. The lowest BCUT2D eigenvalue weighted by molar-refractivity contribution is -0.112. The molecule has 5 aromatic rings. The Hall–Kier alpha value is -4.73. The molecule has 6 rings (SSSR count). The smallest absolute Gasteiger partial charge is 0.336 e. The number of piperidine rings is 1. The van der Waals surface area contributed by atoms with Crippen LogP contribution in [0.3, 0.4) is 0 Å². The molecule has 9 heteroatoms. The molecule has 270 valence electrons. The number of imidazole rings is 1. The van der Waals surface area contributed by atoms with Crippen molar-refractivity contribution in [3.05, 3.63) is 125 Å². The number of thioether (sulfide) groups is 1. The lowest BCUT2D eigenvalue weighted by atomic mass is 9.98. The molecule has 1 aliphatic rings. The van der Waals surface area contributed by atoms with Crippen LogP contribution >= 0.6 is 11.8 Å². The molecule has 2 heterocycles. The molecule has 0 radical (unpaired) electrons. The van der Waals surface area contributed by atoms with Gasteiger partial charge in [-0.15, -0.1) is 0 Å². The number of carboxylic acid groups (broad SMARTS) is 1. The molecular formula is C43H48N4O4S. The third-order valence-corrected chi connectivity index (χ3v) is 11.0. The first-order chi connectivity index (χ1) is 25.2. The molecule has 1 unspecified atom stereocenters. The standard InChI is InChI=1S/C43H48N4O4S/c1-4-12-39-45-41-29(2)23-34(25-38(41)47(39)26-32-18-20-33(21-19-32)36-16-8-9-17-37(36)43(50)51)42(49)44-35(24-31-14-6-5-7-15-31)28-52-40(48)27-46-22-11-10-13-30(46)3/h5-9,14-21,23,25,30,35H,4,10-13,22,24,26-28H2,1-3H3,(H,44,49)(H,50,51)/t30?,35-/m1/s1. The summed E-state index contributed by atoms with van der Waals surface area (Å²) < 4.78 is 2.19. The summed E-state index contributed by atoms with van der Waals surface area (Å²) in [5.74, 6) is 0.326. The Kier molecular flexibility index (Phi) is 12.2. The number of likely N-dealkylation sites (tertiary alicyclic amines) is 1. The van der Waals surface area contributed by atoms with Crippen molar-refractivity contribution < 1.29 is 19.5 Å². The van der Waals surface area contributed by atoms with Crippen LogP contribution in [0.15, 0.2) is 91.0 Å². The van der Waals surface area contributed by atoms with Gasteiger partial charge in [0, 0.05) is 36.4 Å². The summed E-state index contributed by atoms with van der Waals surface area (Å²) in [6.07, 6.45) is 5.82. The van der Waals surface area contributed by atoms with E-state index in [9.17, 15) is 19.5 Å². The molecule has 1 fully saturated rings. The number of amides is 1. The molecule has 1 aromatic heterocycles. The fraction of sp³-hybridized carbons (Fsp3) is 0.349. The quantitative estimate of drug-likeness (QED) is 0.119. The van der Waals surface area contributed by atoms with Gasteiger partial charge in [-0.1, -0.05) is 97.9 Å². The van der Waals surface area contributed by atoms with Gasteiger partial charge in [-0.3, -0.25) is 14.5 Å². The van der Waals surface area contributed by atoms with Crippen molar-refractivity contribution in [1.29, 1.82) is 0 Å². The van der Waals surface area contributed by atoms with Gasteiger partial charge < -0.3 is 15.0 Å². The fourth-order valence-electron chi connectivity index (χ4n) is 7.17. The predicted molar refractivity (Wildman–Crippen MR) is 210 cm³/mol. The second-order valence-corrected chi connectivity index (χ2v) is 15.0. The van der Waals surface area contributed by atoms with Crippen molar-refractivity contribution in [3.8, 4) is 11.1 Å². The number of rotatable bonds is 14. The maximum absolute atomic E-state index is 14.0. The number of nitrogens with zero attached hydrogens (tertiary/aromatic N) is 3. The molecule has 1 saturated heterocycles. The first-order valence-electron chi connectivity index (χ1n) is 18.4. The van der Waals surface area contributed by atoms with Crippen molar-refractivity contribution in [2.24, 2.45) is 0 Å². The van der Waals surface area contributed by atoms with Crippen LogP contribution in [0.4, 0.5) is 0 Å². The topological polar surface area (TPSA) is 105 Å². The van der Waals surface area contributed by atoms with Crippen molar-refractivity contribution in [2.45, 2.75) is 77.9 Å². The highest BCUT2D eigenvalue weighted by atomic mass is 32.2. The minimum Gasteiger partial charge on any atom is -0.478 e. The van der Waals surface area contributed by atoms with Gasteiger partial charge in [-0.25, -0.2) is 9.78 Å². The van der Waals surface area contributed by atoms with E-state index < -0.39 is 5.97 Å². The summed E-state index contributed by atoms with van der Waals surface area (Å²) in [6, 6.07) is 29.1. The van der Waals surface area contributed by atoms with Gasteiger partial charge in [0.15, 0.2) is 0 Å². The zero-order valence-electron chi connectivity index (χ0n) is 30.3. The summed E-state index contributed by atoms with van der Waals surface area (Å²) in [4.78, 5) is 46.3. The van der Waals surface area contributed by atoms with Crippen LogP contribution < -0.4 is 5.32 Å². The highest BCUT2D eigenvalue weighted by Gasteiger charge is 2.23. The van der Waals surface area contributed by atoms with Gasteiger partial charge in [0.25, 0.3) is 5.91 Å². The van der Waals surface area contributed by atoms with Gasteiger partial charge in [0.05, 0.1) is 23.1 Å². The Balaban J connectivity index is 1.23. The highest BCUT2D eigenvalue weighted by Crippen LogP contribution is 2.27. The van der Waals surface area contributed by atoms with Gasteiger partial charge in [0.2, 0.25) is 5.12 Å². The summed E-state index contributed by atoms with van der Waals surface area (Å²) in [6.45, 7) is 8.29. The van der Waals surface area contributed by atoms with Crippen molar-refractivity contribution in [1.82, 2.24) is 19.8 Å². The predicted octanol–water partition coefficient (Wildman–Crippen LogP) is 8.19. The molecule has 0 bridgehead atoms. The molecule has 0 spiro atoms. The zero-order chi connectivity index (χ0) is 36.6. The second-order valence-electron chi connectivity index (χ2n) is 13.9. The van der Waals surface area contributed by atoms with E-state index in [1.807, 2.05) is 73.7 Å². The van der Waals surface area contributed by atoms with Crippen LogP contribution in [-0.4, -0.2) is 67.5 Å². The number of hydrogen-bond donors (Lipinski definition) is 2. The number of carbonyl (C=O) groups excluding carboxylic acids is 2. The monoisotopic (exact) mass is 716 g/mol. The minimum atomic E-state index is -0.954. The normalized spacial score (nSPS) is 15.4. The van der Waals surface area contributed by atoms with Gasteiger partial charge in [-0.2, -0.15) is 0 Å². The van der Waals surface area contributed by atoms with Crippen molar-refractivity contribution in [2.75, 3.05) is 18.8 Å². The van der Waals surface area contributed by atoms with Crippen LogP contribution in [0.5, 0.6) is 0 Å². The SMILES string of the molecule is CCCc1nc2c(C)cc(C(=O)N[C@@H](CSC(=O)CN3CCCCC3C)Cc3ccccc3)cc2n1Cc1ccc(-c2ccccc2C(=O)O)cc1. The molecule has 0 aliphatic carbocycles. The van der Waals surface area contributed by atoms with E-state index in [2.05, 4.69) is 40.8 Å². The first-order valence-corrected chi connectivity index (χ1v) is 19.3. The van der Waals surface area contributed by atoms with Crippen LogP contribution in [0.1, 0.15) is 82.8 Å². The number of aromatic nitrogens is 2. The Morgan fingerprint density at radius 1 is 0.962 bits per heavy atom. The molecule has 2 N–H and O–H groups in total. The Morgan fingerprint density at radius 3 is 2.44 bits per heavy atom. The number of aromatic carboxylic acids is 1. The summed E-state index contributed by atoms with van der Waals surface area (Å²) in [5.41, 5.74) is 7.20. The zero-order valence-corrected chi connectivity index (χ0v) is 31.1. The molecule has 52 heavy (non-hydrogen) atoms.